The predicted octanol–water partition coefficient (Wildman–Crippen LogP) is 0.272. The summed E-state index contributed by atoms with van der Waals surface area (Å²) >= 11 is 0. The molecule has 0 fully saturated rings. The summed E-state index contributed by atoms with van der Waals surface area (Å²) in [7, 11) is 0. The molecule has 1 atom stereocenters. The minimum atomic E-state index is -0.546. The number of fused-ring (bicyclic) bond motifs is 1. The number of anilines is 1. The van der Waals surface area contributed by atoms with Gasteiger partial charge >= 0.3 is 0 Å². The van der Waals surface area contributed by atoms with Crippen LogP contribution in [0.4, 0.5) is 5.69 Å². The molecule has 0 aliphatic carbocycles. The predicted molar refractivity (Wildman–Crippen MR) is 76.2 cm³/mol. The van der Waals surface area contributed by atoms with E-state index in [-0.39, 0.29) is 17.7 Å². The normalized spacial score (nSPS) is 16.3. The Balaban J connectivity index is 1.98. The van der Waals surface area contributed by atoms with E-state index in [1.807, 2.05) is 0 Å². The van der Waals surface area contributed by atoms with Gasteiger partial charge in [0.05, 0.1) is 5.69 Å². The molecule has 0 bridgehead atoms. The van der Waals surface area contributed by atoms with Crippen LogP contribution >= 0.6 is 0 Å². The Morgan fingerprint density at radius 1 is 1.29 bits per heavy atom. The number of benzene rings is 1. The molecule has 1 aliphatic rings. The van der Waals surface area contributed by atoms with Crippen LogP contribution < -0.4 is 20.7 Å². The third-order valence-electron chi connectivity index (χ3n) is 2.96. The molecule has 1 aromatic rings. The van der Waals surface area contributed by atoms with Crippen LogP contribution in [-0.2, 0) is 9.59 Å². The number of ether oxygens (including phenoxy) is 1. The van der Waals surface area contributed by atoms with Crippen molar-refractivity contribution >= 4 is 23.4 Å². The van der Waals surface area contributed by atoms with Crippen molar-refractivity contribution in [1.29, 1.82) is 0 Å². The molecular weight excluding hydrogens is 274 g/mol. The Bertz CT molecular complexity index is 586. The van der Waals surface area contributed by atoms with Gasteiger partial charge in [0, 0.05) is 25.6 Å². The molecule has 3 N–H and O–H groups in total. The van der Waals surface area contributed by atoms with Crippen molar-refractivity contribution in [1.82, 2.24) is 10.6 Å². The van der Waals surface area contributed by atoms with Gasteiger partial charge in [0.2, 0.25) is 5.91 Å². The van der Waals surface area contributed by atoms with Crippen LogP contribution in [0, 0.1) is 0 Å². The standard InChI is InChI=1S/C14H17N3O4/c1-8-13(19)17-11-7-10(3-4-12(11)21-8)14(20)16-6-5-15-9(2)18/h3-4,7-8H,5-6H2,1-2H3,(H,15,18)(H,16,20)(H,17,19). The maximum absolute atomic E-state index is 11.9. The number of rotatable bonds is 4. The van der Waals surface area contributed by atoms with Crippen molar-refractivity contribution in [2.24, 2.45) is 0 Å². The fourth-order valence-corrected chi connectivity index (χ4v) is 1.87. The molecule has 7 heteroatoms. The lowest BCUT2D eigenvalue weighted by Crippen LogP contribution is -2.35. The Kier molecular flexibility index (Phi) is 4.42. The topological polar surface area (TPSA) is 96.5 Å². The van der Waals surface area contributed by atoms with Gasteiger partial charge in [0.15, 0.2) is 6.10 Å². The zero-order valence-electron chi connectivity index (χ0n) is 11.9. The zero-order valence-corrected chi connectivity index (χ0v) is 11.9. The molecule has 7 nitrogen and oxygen atoms in total. The highest BCUT2D eigenvalue weighted by Crippen LogP contribution is 2.30. The molecule has 3 amide bonds. The lowest BCUT2D eigenvalue weighted by molar-refractivity contribution is -0.122. The molecule has 0 aromatic heterocycles. The van der Waals surface area contributed by atoms with E-state index in [2.05, 4.69) is 16.0 Å². The van der Waals surface area contributed by atoms with E-state index in [4.69, 9.17) is 4.74 Å². The maximum atomic E-state index is 11.9. The molecule has 0 saturated heterocycles. The number of carbonyl (C=O) groups is 3. The number of carbonyl (C=O) groups excluding carboxylic acids is 3. The summed E-state index contributed by atoms with van der Waals surface area (Å²) in [5.41, 5.74) is 0.891. The van der Waals surface area contributed by atoms with E-state index in [0.29, 0.717) is 30.1 Å². The highest BCUT2D eigenvalue weighted by molar-refractivity contribution is 6.00. The zero-order chi connectivity index (χ0) is 15.4. The highest BCUT2D eigenvalue weighted by atomic mass is 16.5. The SMILES string of the molecule is CC(=O)NCCNC(=O)c1ccc2c(c1)NC(=O)C(C)O2. The van der Waals surface area contributed by atoms with E-state index in [9.17, 15) is 14.4 Å². The first-order valence-electron chi connectivity index (χ1n) is 6.61. The molecule has 21 heavy (non-hydrogen) atoms. The third kappa shape index (κ3) is 3.71. The van der Waals surface area contributed by atoms with Crippen LogP contribution in [0.3, 0.4) is 0 Å². The van der Waals surface area contributed by atoms with Gasteiger partial charge in [-0.15, -0.1) is 0 Å². The molecule has 1 unspecified atom stereocenters. The van der Waals surface area contributed by atoms with Crippen molar-refractivity contribution in [3.63, 3.8) is 0 Å². The average molecular weight is 291 g/mol. The number of hydrogen-bond donors (Lipinski definition) is 3. The van der Waals surface area contributed by atoms with Crippen LogP contribution in [-0.4, -0.2) is 36.9 Å². The monoisotopic (exact) mass is 291 g/mol. The van der Waals surface area contributed by atoms with E-state index >= 15 is 0 Å². The van der Waals surface area contributed by atoms with Crippen molar-refractivity contribution < 1.29 is 19.1 Å². The van der Waals surface area contributed by atoms with E-state index in [1.54, 1.807) is 25.1 Å². The largest absolute Gasteiger partial charge is 0.479 e. The minimum Gasteiger partial charge on any atom is -0.479 e. The third-order valence-corrected chi connectivity index (χ3v) is 2.96. The lowest BCUT2D eigenvalue weighted by Gasteiger charge is -2.23. The number of hydrogen-bond acceptors (Lipinski definition) is 4. The number of nitrogens with one attached hydrogen (secondary N) is 3. The summed E-state index contributed by atoms with van der Waals surface area (Å²) in [6.07, 6.45) is -0.546. The Labute approximate surface area is 122 Å². The average Bonchev–Trinajstić information content (AvgIpc) is 2.44. The maximum Gasteiger partial charge on any atom is 0.265 e. The van der Waals surface area contributed by atoms with Gasteiger partial charge in [-0.3, -0.25) is 14.4 Å². The molecule has 1 heterocycles. The van der Waals surface area contributed by atoms with Gasteiger partial charge in [-0.05, 0) is 25.1 Å². The molecular formula is C14H17N3O4. The second kappa shape index (κ2) is 6.25. The van der Waals surface area contributed by atoms with E-state index in [0.717, 1.165) is 0 Å². The van der Waals surface area contributed by atoms with Crippen LogP contribution in [0.15, 0.2) is 18.2 Å². The fraction of sp³-hybridized carbons (Fsp3) is 0.357. The molecule has 0 saturated carbocycles. The summed E-state index contributed by atoms with van der Waals surface area (Å²) in [4.78, 5) is 34.2. The Morgan fingerprint density at radius 3 is 2.71 bits per heavy atom. The summed E-state index contributed by atoms with van der Waals surface area (Å²) in [5, 5.41) is 7.94. The van der Waals surface area contributed by atoms with Crippen LogP contribution in [0.1, 0.15) is 24.2 Å². The van der Waals surface area contributed by atoms with Gasteiger partial charge in [0.1, 0.15) is 5.75 Å². The Hall–Kier alpha value is -2.57. The first kappa shape index (κ1) is 14.8. The minimum absolute atomic E-state index is 0.146. The summed E-state index contributed by atoms with van der Waals surface area (Å²) in [6, 6.07) is 4.83. The molecule has 1 aromatic carbocycles. The first-order chi connectivity index (χ1) is 9.97. The second-order valence-corrected chi connectivity index (χ2v) is 4.70. The van der Waals surface area contributed by atoms with Crippen molar-refractivity contribution in [2.75, 3.05) is 18.4 Å². The molecule has 1 aliphatic heterocycles. The molecule has 0 spiro atoms. The fourth-order valence-electron chi connectivity index (χ4n) is 1.87. The van der Waals surface area contributed by atoms with Crippen molar-refractivity contribution in [3.8, 4) is 5.75 Å². The van der Waals surface area contributed by atoms with Crippen molar-refractivity contribution in [3.05, 3.63) is 23.8 Å². The molecule has 0 radical (unpaired) electrons. The number of amides is 3. The summed E-state index contributed by atoms with van der Waals surface area (Å²) < 4.78 is 5.41. The van der Waals surface area contributed by atoms with Gasteiger partial charge in [-0.1, -0.05) is 0 Å². The lowest BCUT2D eigenvalue weighted by atomic mass is 10.1. The molecule has 112 valence electrons. The van der Waals surface area contributed by atoms with Gasteiger partial charge in [-0.2, -0.15) is 0 Å². The molecule has 2 rings (SSSR count). The highest BCUT2D eigenvalue weighted by Gasteiger charge is 2.24. The Morgan fingerprint density at radius 2 is 2.00 bits per heavy atom. The van der Waals surface area contributed by atoms with Crippen LogP contribution in [0.2, 0.25) is 0 Å². The van der Waals surface area contributed by atoms with Crippen molar-refractivity contribution in [2.45, 2.75) is 20.0 Å². The van der Waals surface area contributed by atoms with E-state index < -0.39 is 6.10 Å². The first-order valence-corrected chi connectivity index (χ1v) is 6.61. The van der Waals surface area contributed by atoms with Crippen LogP contribution in [0.5, 0.6) is 5.75 Å². The van der Waals surface area contributed by atoms with Crippen LogP contribution in [0.25, 0.3) is 0 Å². The smallest absolute Gasteiger partial charge is 0.265 e. The second-order valence-electron chi connectivity index (χ2n) is 4.70. The van der Waals surface area contributed by atoms with Gasteiger partial charge in [-0.25, -0.2) is 0 Å². The summed E-state index contributed by atoms with van der Waals surface area (Å²) in [5.74, 6) is -0.134. The van der Waals surface area contributed by atoms with Gasteiger partial charge in [0.25, 0.3) is 11.8 Å². The van der Waals surface area contributed by atoms with Gasteiger partial charge < -0.3 is 20.7 Å². The van der Waals surface area contributed by atoms with E-state index in [1.165, 1.54) is 6.92 Å². The summed E-state index contributed by atoms with van der Waals surface area (Å²) in [6.45, 7) is 3.76. The quantitative estimate of drug-likeness (QED) is 0.694.